The van der Waals surface area contributed by atoms with Crippen LogP contribution in [0.4, 0.5) is 5.69 Å². The molecule has 1 saturated carbocycles. The summed E-state index contributed by atoms with van der Waals surface area (Å²) in [7, 11) is -3.20. The SMILES string of the molecule is CCS(=O)(=O)N[C@@H]1CCCC[C@H]1COc1ccc(NC(C)=O)cc1. The van der Waals surface area contributed by atoms with Crippen LogP contribution in [-0.2, 0) is 14.8 Å². The van der Waals surface area contributed by atoms with E-state index in [1.807, 2.05) is 0 Å². The Bertz CT molecular complexity index is 643. The molecule has 1 aromatic rings. The summed E-state index contributed by atoms with van der Waals surface area (Å²) in [5.41, 5.74) is 0.723. The van der Waals surface area contributed by atoms with Crippen molar-refractivity contribution in [1.82, 2.24) is 4.72 Å². The van der Waals surface area contributed by atoms with Gasteiger partial charge in [-0.05, 0) is 44.0 Å². The fourth-order valence-corrected chi connectivity index (χ4v) is 3.86. The minimum absolute atomic E-state index is 0.0534. The summed E-state index contributed by atoms with van der Waals surface area (Å²) in [5.74, 6) is 0.876. The highest BCUT2D eigenvalue weighted by molar-refractivity contribution is 7.89. The van der Waals surface area contributed by atoms with Gasteiger partial charge >= 0.3 is 0 Å². The van der Waals surface area contributed by atoms with Crippen LogP contribution in [0.1, 0.15) is 39.5 Å². The molecule has 0 radical (unpaired) electrons. The van der Waals surface area contributed by atoms with Crippen LogP contribution in [0.3, 0.4) is 0 Å². The summed E-state index contributed by atoms with van der Waals surface area (Å²) >= 11 is 0. The van der Waals surface area contributed by atoms with E-state index in [1.54, 1.807) is 31.2 Å². The second-order valence-corrected chi connectivity index (χ2v) is 8.23. The van der Waals surface area contributed by atoms with Crippen LogP contribution in [0.15, 0.2) is 24.3 Å². The van der Waals surface area contributed by atoms with Crippen LogP contribution in [0.25, 0.3) is 0 Å². The summed E-state index contributed by atoms with van der Waals surface area (Å²) in [4.78, 5) is 11.0. The molecule has 0 unspecified atom stereocenters. The largest absolute Gasteiger partial charge is 0.493 e. The van der Waals surface area contributed by atoms with Gasteiger partial charge in [0.25, 0.3) is 0 Å². The molecule has 1 fully saturated rings. The van der Waals surface area contributed by atoms with Crippen molar-refractivity contribution in [1.29, 1.82) is 0 Å². The molecule has 0 aliphatic heterocycles. The highest BCUT2D eigenvalue weighted by atomic mass is 32.2. The Balaban J connectivity index is 1.92. The third kappa shape index (κ3) is 5.79. The molecule has 1 aliphatic carbocycles. The molecular weight excluding hydrogens is 328 g/mol. The predicted octanol–water partition coefficient (Wildman–Crippen LogP) is 2.52. The van der Waals surface area contributed by atoms with E-state index in [0.29, 0.717) is 12.4 Å². The Morgan fingerprint density at radius 3 is 2.50 bits per heavy atom. The molecule has 1 aliphatic rings. The Kier molecular flexibility index (Phi) is 6.62. The van der Waals surface area contributed by atoms with E-state index in [4.69, 9.17) is 4.74 Å². The number of sulfonamides is 1. The zero-order valence-electron chi connectivity index (χ0n) is 14.2. The fourth-order valence-electron chi connectivity index (χ4n) is 2.92. The van der Waals surface area contributed by atoms with Gasteiger partial charge < -0.3 is 10.1 Å². The normalized spacial score (nSPS) is 21.2. The summed E-state index contributed by atoms with van der Waals surface area (Å²) in [6.45, 7) is 3.59. The first-order valence-corrected chi connectivity index (χ1v) is 10.1. The van der Waals surface area contributed by atoms with E-state index in [1.165, 1.54) is 6.92 Å². The molecule has 134 valence electrons. The highest BCUT2D eigenvalue weighted by Gasteiger charge is 2.28. The number of hydrogen-bond donors (Lipinski definition) is 2. The lowest BCUT2D eigenvalue weighted by molar-refractivity contribution is -0.114. The quantitative estimate of drug-likeness (QED) is 0.788. The Morgan fingerprint density at radius 1 is 1.21 bits per heavy atom. The summed E-state index contributed by atoms with van der Waals surface area (Å²) in [6, 6.07) is 7.13. The Labute approximate surface area is 144 Å². The number of rotatable bonds is 7. The average Bonchev–Trinajstić information content (AvgIpc) is 2.54. The molecule has 1 amide bonds. The van der Waals surface area contributed by atoms with Gasteiger partial charge in [-0.3, -0.25) is 4.79 Å². The molecule has 0 heterocycles. The van der Waals surface area contributed by atoms with Gasteiger partial charge in [0, 0.05) is 24.6 Å². The maximum Gasteiger partial charge on any atom is 0.221 e. The van der Waals surface area contributed by atoms with Crippen LogP contribution in [0, 0.1) is 5.92 Å². The summed E-state index contributed by atoms with van der Waals surface area (Å²) < 4.78 is 32.3. The lowest BCUT2D eigenvalue weighted by Crippen LogP contribution is -2.44. The maximum absolute atomic E-state index is 11.8. The second-order valence-electron chi connectivity index (χ2n) is 6.19. The van der Waals surface area contributed by atoms with Crippen molar-refractivity contribution in [2.45, 2.75) is 45.6 Å². The summed E-state index contributed by atoms with van der Waals surface area (Å²) in [5, 5.41) is 2.71. The van der Waals surface area contributed by atoms with Crippen molar-refractivity contribution in [3.05, 3.63) is 24.3 Å². The molecule has 6 nitrogen and oxygen atoms in total. The topological polar surface area (TPSA) is 84.5 Å². The zero-order valence-corrected chi connectivity index (χ0v) is 15.1. The third-order valence-electron chi connectivity index (χ3n) is 4.26. The number of carbonyl (C=O) groups is 1. The van der Waals surface area contributed by atoms with E-state index in [-0.39, 0.29) is 23.6 Å². The molecule has 0 bridgehead atoms. The van der Waals surface area contributed by atoms with Gasteiger partial charge in [-0.15, -0.1) is 0 Å². The molecule has 0 saturated heterocycles. The Hall–Kier alpha value is -1.60. The number of anilines is 1. The van der Waals surface area contributed by atoms with Crippen molar-refractivity contribution in [2.24, 2.45) is 5.92 Å². The molecule has 2 N–H and O–H groups in total. The van der Waals surface area contributed by atoms with E-state index in [2.05, 4.69) is 10.0 Å². The molecule has 2 atom stereocenters. The highest BCUT2D eigenvalue weighted by Crippen LogP contribution is 2.26. The minimum Gasteiger partial charge on any atom is -0.493 e. The van der Waals surface area contributed by atoms with E-state index >= 15 is 0 Å². The molecule has 24 heavy (non-hydrogen) atoms. The van der Waals surface area contributed by atoms with E-state index < -0.39 is 10.0 Å². The van der Waals surface area contributed by atoms with Crippen molar-refractivity contribution < 1.29 is 17.9 Å². The first kappa shape index (κ1) is 18.7. The lowest BCUT2D eigenvalue weighted by atomic mass is 9.86. The molecule has 7 heteroatoms. The van der Waals surface area contributed by atoms with Gasteiger partial charge in [0.1, 0.15) is 5.75 Å². The van der Waals surface area contributed by atoms with Crippen LogP contribution < -0.4 is 14.8 Å². The minimum atomic E-state index is -3.20. The van der Waals surface area contributed by atoms with E-state index in [9.17, 15) is 13.2 Å². The average molecular weight is 354 g/mol. The first-order chi connectivity index (χ1) is 11.4. The molecule has 2 rings (SSSR count). The van der Waals surface area contributed by atoms with Crippen LogP contribution >= 0.6 is 0 Å². The van der Waals surface area contributed by atoms with Gasteiger partial charge in [-0.2, -0.15) is 0 Å². The van der Waals surface area contributed by atoms with Crippen molar-refractivity contribution in [2.75, 3.05) is 17.7 Å². The zero-order chi connectivity index (χ0) is 17.6. The smallest absolute Gasteiger partial charge is 0.221 e. The lowest BCUT2D eigenvalue weighted by Gasteiger charge is -2.31. The van der Waals surface area contributed by atoms with Gasteiger partial charge in [0.15, 0.2) is 0 Å². The Morgan fingerprint density at radius 2 is 1.88 bits per heavy atom. The van der Waals surface area contributed by atoms with Gasteiger partial charge in [0.2, 0.25) is 15.9 Å². The molecule has 0 spiro atoms. The van der Waals surface area contributed by atoms with Crippen LogP contribution in [0.2, 0.25) is 0 Å². The second kappa shape index (κ2) is 8.48. The van der Waals surface area contributed by atoms with Gasteiger partial charge in [0.05, 0.1) is 12.4 Å². The van der Waals surface area contributed by atoms with Gasteiger partial charge in [-0.1, -0.05) is 12.8 Å². The number of amides is 1. The molecule has 1 aromatic carbocycles. The standard InChI is InChI=1S/C17H26N2O4S/c1-3-24(21,22)19-17-7-5-4-6-14(17)12-23-16-10-8-15(9-11-16)18-13(2)20/h8-11,14,17,19H,3-7,12H2,1-2H3,(H,18,20)/t14-,17+/m0/s1. The molecule has 0 aromatic heterocycles. The predicted molar refractivity (Wildman–Crippen MR) is 94.6 cm³/mol. The maximum atomic E-state index is 11.8. The number of carbonyl (C=O) groups excluding carboxylic acids is 1. The monoisotopic (exact) mass is 354 g/mol. The fraction of sp³-hybridized carbons (Fsp3) is 0.588. The number of hydrogen-bond acceptors (Lipinski definition) is 4. The number of benzene rings is 1. The van der Waals surface area contributed by atoms with Crippen molar-refractivity contribution in [3.63, 3.8) is 0 Å². The van der Waals surface area contributed by atoms with Gasteiger partial charge in [-0.25, -0.2) is 13.1 Å². The third-order valence-corrected chi connectivity index (χ3v) is 5.68. The van der Waals surface area contributed by atoms with Crippen molar-refractivity contribution >= 4 is 21.6 Å². The van der Waals surface area contributed by atoms with Crippen LogP contribution in [0.5, 0.6) is 5.75 Å². The van der Waals surface area contributed by atoms with Crippen molar-refractivity contribution in [3.8, 4) is 5.75 Å². The number of nitrogens with one attached hydrogen (secondary N) is 2. The number of ether oxygens (including phenoxy) is 1. The van der Waals surface area contributed by atoms with Crippen LogP contribution in [-0.4, -0.2) is 32.7 Å². The molecular formula is C17H26N2O4S. The van der Waals surface area contributed by atoms with E-state index in [0.717, 1.165) is 31.4 Å². The first-order valence-electron chi connectivity index (χ1n) is 8.40. The summed E-state index contributed by atoms with van der Waals surface area (Å²) in [6.07, 6.45) is 3.95.